The van der Waals surface area contributed by atoms with Crippen LogP contribution in [-0.4, -0.2) is 13.0 Å². The van der Waals surface area contributed by atoms with E-state index in [9.17, 15) is 4.79 Å². The number of rotatable bonds is 4. The molecule has 4 heteroatoms. The molecule has 3 nitrogen and oxygen atoms in total. The second kappa shape index (κ2) is 5.75. The summed E-state index contributed by atoms with van der Waals surface area (Å²) >= 11 is 6.04. The maximum atomic E-state index is 11.4. The molecular formula is C12H16ClNO2. The first-order valence-corrected chi connectivity index (χ1v) is 5.53. The lowest BCUT2D eigenvalue weighted by Gasteiger charge is -2.12. The highest BCUT2D eigenvalue weighted by Crippen LogP contribution is 2.25. The van der Waals surface area contributed by atoms with Gasteiger partial charge in [0, 0.05) is 23.0 Å². The van der Waals surface area contributed by atoms with Gasteiger partial charge in [-0.1, -0.05) is 31.5 Å². The van der Waals surface area contributed by atoms with Gasteiger partial charge in [-0.3, -0.25) is 4.79 Å². The van der Waals surface area contributed by atoms with Gasteiger partial charge in [-0.2, -0.15) is 0 Å². The van der Waals surface area contributed by atoms with Crippen molar-refractivity contribution < 1.29 is 9.53 Å². The van der Waals surface area contributed by atoms with Gasteiger partial charge in [-0.15, -0.1) is 0 Å². The average molecular weight is 242 g/mol. The van der Waals surface area contributed by atoms with Crippen molar-refractivity contribution in [1.82, 2.24) is 5.32 Å². The van der Waals surface area contributed by atoms with Gasteiger partial charge >= 0.3 is 0 Å². The third-order valence-corrected chi connectivity index (χ3v) is 2.61. The Bertz CT molecular complexity index is 377. The van der Waals surface area contributed by atoms with Crippen molar-refractivity contribution in [2.75, 3.05) is 7.11 Å². The summed E-state index contributed by atoms with van der Waals surface area (Å²) in [4.78, 5) is 11.4. The van der Waals surface area contributed by atoms with E-state index < -0.39 is 0 Å². The van der Waals surface area contributed by atoms with Crippen LogP contribution >= 0.6 is 11.6 Å². The molecular weight excluding hydrogens is 226 g/mol. The Kier molecular flexibility index (Phi) is 4.62. The Morgan fingerprint density at radius 3 is 2.75 bits per heavy atom. The summed E-state index contributed by atoms with van der Waals surface area (Å²) < 4.78 is 5.18. The third-order valence-electron chi connectivity index (χ3n) is 2.26. The molecule has 0 saturated carbocycles. The summed E-state index contributed by atoms with van der Waals surface area (Å²) in [5.41, 5.74) is 0.806. The number of ether oxygens (including phenoxy) is 1. The van der Waals surface area contributed by atoms with Crippen LogP contribution in [0.2, 0.25) is 5.02 Å². The lowest BCUT2D eigenvalue weighted by Crippen LogP contribution is -2.27. The number of benzene rings is 1. The van der Waals surface area contributed by atoms with Gasteiger partial charge in [0.15, 0.2) is 0 Å². The summed E-state index contributed by atoms with van der Waals surface area (Å²) in [7, 11) is 1.58. The lowest BCUT2D eigenvalue weighted by atomic mass is 10.1. The number of amides is 1. The minimum atomic E-state index is -0.0338. The van der Waals surface area contributed by atoms with Crippen molar-refractivity contribution in [2.24, 2.45) is 5.92 Å². The Balaban J connectivity index is 2.76. The molecule has 0 radical (unpaired) electrons. The van der Waals surface area contributed by atoms with Gasteiger partial charge in [0.05, 0.1) is 7.11 Å². The molecule has 0 heterocycles. The predicted octanol–water partition coefficient (Wildman–Crippen LogP) is 2.62. The smallest absolute Gasteiger partial charge is 0.222 e. The Labute approximate surface area is 101 Å². The average Bonchev–Trinajstić information content (AvgIpc) is 2.26. The Morgan fingerprint density at radius 2 is 2.19 bits per heavy atom. The zero-order valence-electron chi connectivity index (χ0n) is 9.71. The number of methoxy groups -OCH3 is 1. The number of halogens is 1. The molecule has 0 bridgehead atoms. The molecule has 1 aromatic carbocycles. The molecule has 1 amide bonds. The highest BCUT2D eigenvalue weighted by Gasteiger charge is 2.10. The van der Waals surface area contributed by atoms with E-state index in [1.807, 2.05) is 26.0 Å². The number of nitrogens with one attached hydrogen (secondary N) is 1. The van der Waals surface area contributed by atoms with Crippen molar-refractivity contribution >= 4 is 17.5 Å². The first-order chi connectivity index (χ1) is 7.56. The van der Waals surface area contributed by atoms with E-state index in [1.165, 1.54) is 0 Å². The van der Waals surface area contributed by atoms with Gasteiger partial charge in [0.1, 0.15) is 5.75 Å². The quantitative estimate of drug-likeness (QED) is 0.880. The van der Waals surface area contributed by atoms with Crippen LogP contribution in [0.3, 0.4) is 0 Å². The zero-order valence-corrected chi connectivity index (χ0v) is 10.5. The molecule has 16 heavy (non-hydrogen) atoms. The molecule has 0 atom stereocenters. The molecule has 0 aliphatic rings. The van der Waals surface area contributed by atoms with Crippen LogP contribution < -0.4 is 10.1 Å². The monoisotopic (exact) mass is 241 g/mol. The molecule has 0 spiro atoms. The maximum absolute atomic E-state index is 11.4. The Morgan fingerprint density at radius 1 is 1.50 bits per heavy atom. The number of hydrogen-bond donors (Lipinski definition) is 1. The van der Waals surface area contributed by atoms with Crippen molar-refractivity contribution in [3.8, 4) is 5.75 Å². The van der Waals surface area contributed by atoms with Crippen molar-refractivity contribution in [3.63, 3.8) is 0 Å². The molecule has 0 unspecified atom stereocenters. The van der Waals surface area contributed by atoms with E-state index in [0.29, 0.717) is 17.3 Å². The van der Waals surface area contributed by atoms with Gasteiger partial charge in [-0.25, -0.2) is 0 Å². The lowest BCUT2D eigenvalue weighted by molar-refractivity contribution is -0.124. The van der Waals surface area contributed by atoms with Crippen LogP contribution in [-0.2, 0) is 11.3 Å². The molecule has 88 valence electrons. The van der Waals surface area contributed by atoms with E-state index in [-0.39, 0.29) is 11.8 Å². The molecule has 1 rings (SSSR count). The summed E-state index contributed by atoms with van der Waals surface area (Å²) in [6.45, 7) is 4.08. The Hall–Kier alpha value is -1.22. The van der Waals surface area contributed by atoms with Crippen LogP contribution in [0.5, 0.6) is 5.75 Å². The van der Waals surface area contributed by atoms with Crippen LogP contribution in [0, 0.1) is 5.92 Å². The standard InChI is InChI=1S/C12H16ClNO2/c1-8(2)12(15)14-7-9-10(13)5-4-6-11(9)16-3/h4-6,8H,7H2,1-3H3,(H,14,15). The molecule has 0 aliphatic heterocycles. The van der Waals surface area contributed by atoms with E-state index in [0.717, 1.165) is 5.56 Å². The minimum absolute atomic E-state index is 0.00183. The first kappa shape index (κ1) is 12.8. The van der Waals surface area contributed by atoms with Gasteiger partial charge in [-0.05, 0) is 12.1 Å². The first-order valence-electron chi connectivity index (χ1n) is 5.15. The molecule has 0 aromatic heterocycles. The topological polar surface area (TPSA) is 38.3 Å². The van der Waals surface area contributed by atoms with Crippen molar-refractivity contribution in [1.29, 1.82) is 0 Å². The molecule has 1 N–H and O–H groups in total. The summed E-state index contributed by atoms with van der Waals surface area (Å²) in [6.07, 6.45) is 0. The summed E-state index contributed by atoms with van der Waals surface area (Å²) in [5, 5.41) is 3.41. The van der Waals surface area contributed by atoms with Gasteiger partial charge in [0.2, 0.25) is 5.91 Å². The van der Waals surface area contributed by atoms with E-state index in [1.54, 1.807) is 13.2 Å². The predicted molar refractivity (Wildman–Crippen MR) is 64.7 cm³/mol. The van der Waals surface area contributed by atoms with Crippen molar-refractivity contribution in [2.45, 2.75) is 20.4 Å². The minimum Gasteiger partial charge on any atom is -0.496 e. The van der Waals surface area contributed by atoms with Gasteiger partial charge < -0.3 is 10.1 Å². The SMILES string of the molecule is COc1cccc(Cl)c1CNC(=O)C(C)C. The molecule has 1 aromatic rings. The van der Waals surface area contributed by atoms with Crippen molar-refractivity contribution in [3.05, 3.63) is 28.8 Å². The molecule has 0 saturated heterocycles. The summed E-state index contributed by atoms with van der Waals surface area (Å²) in [6, 6.07) is 5.42. The fourth-order valence-electron chi connectivity index (χ4n) is 1.28. The largest absolute Gasteiger partial charge is 0.496 e. The highest BCUT2D eigenvalue weighted by atomic mass is 35.5. The fourth-order valence-corrected chi connectivity index (χ4v) is 1.51. The van der Waals surface area contributed by atoms with Crippen LogP contribution in [0.1, 0.15) is 19.4 Å². The number of carbonyl (C=O) groups is 1. The van der Waals surface area contributed by atoms with E-state index >= 15 is 0 Å². The van der Waals surface area contributed by atoms with E-state index in [4.69, 9.17) is 16.3 Å². The fraction of sp³-hybridized carbons (Fsp3) is 0.417. The van der Waals surface area contributed by atoms with E-state index in [2.05, 4.69) is 5.32 Å². The normalized spacial score (nSPS) is 10.3. The maximum Gasteiger partial charge on any atom is 0.222 e. The van der Waals surface area contributed by atoms with Crippen LogP contribution in [0.4, 0.5) is 0 Å². The zero-order chi connectivity index (χ0) is 12.1. The third kappa shape index (κ3) is 3.14. The second-order valence-corrected chi connectivity index (χ2v) is 4.20. The van der Waals surface area contributed by atoms with Crippen LogP contribution in [0.25, 0.3) is 0 Å². The van der Waals surface area contributed by atoms with Crippen LogP contribution in [0.15, 0.2) is 18.2 Å². The second-order valence-electron chi connectivity index (χ2n) is 3.79. The highest BCUT2D eigenvalue weighted by molar-refractivity contribution is 6.31. The van der Waals surface area contributed by atoms with Gasteiger partial charge in [0.25, 0.3) is 0 Å². The molecule has 0 aliphatic carbocycles. The summed E-state index contributed by atoms with van der Waals surface area (Å²) in [5.74, 6) is 0.659. The number of hydrogen-bond acceptors (Lipinski definition) is 2. The molecule has 0 fully saturated rings. The number of carbonyl (C=O) groups excluding carboxylic acids is 1.